The number of aromatic nitrogens is 2. The zero-order valence-corrected chi connectivity index (χ0v) is 21.0. The minimum atomic E-state index is -0.482. The summed E-state index contributed by atoms with van der Waals surface area (Å²) in [6.07, 6.45) is 0. The molecule has 186 valence electrons. The Kier molecular flexibility index (Phi) is 8.15. The Labute approximate surface area is 207 Å². The first-order chi connectivity index (χ1) is 17.0. The summed E-state index contributed by atoms with van der Waals surface area (Å²) in [5.74, 6) is 2.11. The number of benzene rings is 2. The molecule has 0 bridgehead atoms. The Morgan fingerprint density at radius 1 is 0.943 bits per heavy atom. The summed E-state index contributed by atoms with van der Waals surface area (Å²) in [5.41, 5.74) is 2.07. The van der Waals surface area contributed by atoms with Crippen LogP contribution in [0, 0.1) is 5.92 Å². The van der Waals surface area contributed by atoms with Gasteiger partial charge in [0.2, 0.25) is 0 Å². The zero-order valence-electron chi connectivity index (χ0n) is 21.0. The van der Waals surface area contributed by atoms with Crippen LogP contribution in [0.3, 0.4) is 0 Å². The molecule has 1 fully saturated rings. The number of para-hydroxylation sites is 2. The van der Waals surface area contributed by atoms with Crippen LogP contribution in [0.1, 0.15) is 25.2 Å². The molecule has 1 aliphatic rings. The second kappa shape index (κ2) is 11.5. The number of rotatable bonds is 9. The number of methoxy groups -OCH3 is 2. The van der Waals surface area contributed by atoms with Crippen molar-refractivity contribution in [2.45, 2.75) is 33.0 Å². The molecule has 8 heteroatoms. The van der Waals surface area contributed by atoms with Crippen molar-refractivity contribution in [2.75, 3.05) is 45.7 Å². The minimum Gasteiger partial charge on any atom is -0.496 e. The highest BCUT2D eigenvalue weighted by Gasteiger charge is 2.25. The van der Waals surface area contributed by atoms with E-state index in [1.807, 2.05) is 50.2 Å². The summed E-state index contributed by atoms with van der Waals surface area (Å²) < 4.78 is 10.5. The van der Waals surface area contributed by atoms with Crippen LogP contribution in [-0.4, -0.2) is 72.2 Å². The van der Waals surface area contributed by atoms with Crippen LogP contribution in [0.25, 0.3) is 10.9 Å². The quantitative estimate of drug-likeness (QED) is 0.469. The molecule has 0 amide bonds. The van der Waals surface area contributed by atoms with Crippen LogP contribution in [-0.2, 0) is 22.6 Å². The lowest BCUT2D eigenvalue weighted by molar-refractivity contribution is -0.142. The number of anilines is 1. The van der Waals surface area contributed by atoms with Crippen LogP contribution in [0.5, 0.6) is 5.75 Å². The Bertz CT molecular complexity index is 1140. The first kappa shape index (κ1) is 24.9. The first-order valence-electron chi connectivity index (χ1n) is 12.1. The molecule has 0 saturated carbocycles. The largest absolute Gasteiger partial charge is 0.496 e. The molecule has 1 aliphatic heterocycles. The molecule has 8 nitrogen and oxygen atoms in total. The summed E-state index contributed by atoms with van der Waals surface area (Å²) in [6, 6.07) is 15.6. The summed E-state index contributed by atoms with van der Waals surface area (Å²) in [6.45, 7) is 9.32. The first-order valence-corrected chi connectivity index (χ1v) is 12.1. The standard InChI is InChI=1S/C27H35N5O3/c1-19(2)25(27(33)35-4)30-26-21-10-6-7-11-22(21)28-24(29-26)18-32-15-13-31(14-16-32)17-20-9-5-8-12-23(20)34-3/h5-12,19,25H,13-18H2,1-4H3,(H,28,29,30)/t25-/m0/s1. The third-order valence-corrected chi connectivity index (χ3v) is 6.48. The van der Waals surface area contributed by atoms with Crippen molar-refractivity contribution < 1.29 is 14.3 Å². The molecule has 0 aliphatic carbocycles. The summed E-state index contributed by atoms with van der Waals surface area (Å²) in [7, 11) is 3.13. The van der Waals surface area contributed by atoms with Crippen LogP contribution in [0.2, 0.25) is 0 Å². The van der Waals surface area contributed by atoms with E-state index in [0.717, 1.165) is 55.2 Å². The van der Waals surface area contributed by atoms with Crippen molar-refractivity contribution in [3.05, 3.63) is 59.9 Å². The van der Waals surface area contributed by atoms with E-state index in [2.05, 4.69) is 27.2 Å². The summed E-state index contributed by atoms with van der Waals surface area (Å²) >= 11 is 0. The van der Waals surface area contributed by atoms with Gasteiger partial charge in [-0.2, -0.15) is 0 Å². The lowest BCUT2D eigenvalue weighted by atomic mass is 10.0. The molecule has 0 spiro atoms. The normalized spacial score (nSPS) is 15.8. The Morgan fingerprint density at radius 3 is 2.29 bits per heavy atom. The number of carbonyl (C=O) groups excluding carboxylic acids is 1. The third kappa shape index (κ3) is 6.07. The second-order valence-electron chi connectivity index (χ2n) is 9.26. The predicted octanol–water partition coefficient (Wildman–Crippen LogP) is 3.57. The highest BCUT2D eigenvalue weighted by molar-refractivity contribution is 5.91. The molecule has 1 aromatic heterocycles. The van der Waals surface area contributed by atoms with E-state index in [4.69, 9.17) is 19.4 Å². The van der Waals surface area contributed by atoms with Gasteiger partial charge in [0.25, 0.3) is 0 Å². The molecule has 2 heterocycles. The molecule has 1 saturated heterocycles. The SMILES string of the molecule is COC(=O)[C@@H](Nc1nc(CN2CCN(Cc3ccccc3OC)CC2)nc2ccccc12)C(C)C. The maximum absolute atomic E-state index is 12.3. The van der Waals surface area contributed by atoms with E-state index >= 15 is 0 Å². The summed E-state index contributed by atoms with van der Waals surface area (Å²) in [5, 5.41) is 4.23. The third-order valence-electron chi connectivity index (χ3n) is 6.48. The van der Waals surface area contributed by atoms with Crippen molar-refractivity contribution in [3.63, 3.8) is 0 Å². The van der Waals surface area contributed by atoms with Gasteiger partial charge >= 0.3 is 5.97 Å². The van der Waals surface area contributed by atoms with Crippen LogP contribution >= 0.6 is 0 Å². The Morgan fingerprint density at radius 2 is 1.60 bits per heavy atom. The molecule has 1 atom stereocenters. The average Bonchev–Trinajstić information content (AvgIpc) is 2.88. The van der Waals surface area contributed by atoms with Gasteiger partial charge in [-0.25, -0.2) is 14.8 Å². The van der Waals surface area contributed by atoms with E-state index < -0.39 is 6.04 Å². The lowest BCUT2D eigenvalue weighted by Gasteiger charge is -2.34. The monoisotopic (exact) mass is 477 g/mol. The van der Waals surface area contributed by atoms with Crippen molar-refractivity contribution in [1.82, 2.24) is 19.8 Å². The van der Waals surface area contributed by atoms with Crippen molar-refractivity contribution in [2.24, 2.45) is 5.92 Å². The molecular weight excluding hydrogens is 442 g/mol. The minimum absolute atomic E-state index is 0.0518. The predicted molar refractivity (Wildman–Crippen MR) is 137 cm³/mol. The van der Waals surface area contributed by atoms with E-state index in [0.29, 0.717) is 12.4 Å². The lowest BCUT2D eigenvalue weighted by Crippen LogP contribution is -2.45. The topological polar surface area (TPSA) is 79.8 Å². The molecule has 2 aromatic carbocycles. The fraction of sp³-hybridized carbons (Fsp3) is 0.444. The van der Waals surface area contributed by atoms with Crippen LogP contribution < -0.4 is 10.1 Å². The number of nitrogens with one attached hydrogen (secondary N) is 1. The van der Waals surface area contributed by atoms with Crippen molar-refractivity contribution >= 4 is 22.7 Å². The van der Waals surface area contributed by atoms with E-state index in [1.54, 1.807) is 7.11 Å². The Balaban J connectivity index is 1.45. The molecule has 4 rings (SSSR count). The molecule has 0 unspecified atom stereocenters. The smallest absolute Gasteiger partial charge is 0.328 e. The van der Waals surface area contributed by atoms with Gasteiger partial charge in [0, 0.05) is 43.7 Å². The van der Waals surface area contributed by atoms with Crippen molar-refractivity contribution in [1.29, 1.82) is 0 Å². The van der Waals surface area contributed by atoms with Gasteiger partial charge in [-0.15, -0.1) is 0 Å². The average molecular weight is 478 g/mol. The number of ether oxygens (including phenoxy) is 2. The van der Waals surface area contributed by atoms with Gasteiger partial charge in [0.1, 0.15) is 23.4 Å². The van der Waals surface area contributed by atoms with Crippen LogP contribution in [0.4, 0.5) is 5.82 Å². The number of nitrogens with zero attached hydrogens (tertiary/aromatic N) is 4. The van der Waals surface area contributed by atoms with Crippen molar-refractivity contribution in [3.8, 4) is 5.75 Å². The number of hydrogen-bond acceptors (Lipinski definition) is 8. The maximum atomic E-state index is 12.3. The fourth-order valence-corrected chi connectivity index (χ4v) is 4.46. The van der Waals surface area contributed by atoms with Gasteiger partial charge in [0.15, 0.2) is 0 Å². The summed E-state index contributed by atoms with van der Waals surface area (Å²) in [4.78, 5) is 26.8. The van der Waals surface area contributed by atoms with Gasteiger partial charge in [0.05, 0.1) is 26.3 Å². The number of piperazine rings is 1. The van der Waals surface area contributed by atoms with Gasteiger partial charge in [-0.3, -0.25) is 9.80 Å². The molecule has 35 heavy (non-hydrogen) atoms. The van der Waals surface area contributed by atoms with E-state index in [-0.39, 0.29) is 11.9 Å². The fourth-order valence-electron chi connectivity index (χ4n) is 4.46. The molecular formula is C27H35N5O3. The van der Waals surface area contributed by atoms with E-state index in [9.17, 15) is 4.79 Å². The number of fused-ring (bicyclic) bond motifs is 1. The second-order valence-corrected chi connectivity index (χ2v) is 9.26. The molecule has 1 N–H and O–H groups in total. The molecule has 0 radical (unpaired) electrons. The number of esters is 1. The number of carbonyl (C=O) groups is 1. The maximum Gasteiger partial charge on any atom is 0.328 e. The highest BCUT2D eigenvalue weighted by Crippen LogP contribution is 2.24. The van der Waals surface area contributed by atoms with E-state index in [1.165, 1.54) is 12.7 Å². The van der Waals surface area contributed by atoms with Gasteiger partial charge in [-0.05, 0) is 24.1 Å². The Hall–Kier alpha value is -3.23. The van der Waals surface area contributed by atoms with Gasteiger partial charge < -0.3 is 14.8 Å². The van der Waals surface area contributed by atoms with Crippen LogP contribution in [0.15, 0.2) is 48.5 Å². The molecule has 3 aromatic rings. The highest BCUT2D eigenvalue weighted by atomic mass is 16.5. The zero-order chi connectivity index (χ0) is 24.8. The van der Waals surface area contributed by atoms with Gasteiger partial charge in [-0.1, -0.05) is 44.2 Å². The number of hydrogen-bond donors (Lipinski definition) is 1.